The summed E-state index contributed by atoms with van der Waals surface area (Å²) < 4.78 is 1.38. The lowest BCUT2D eigenvalue weighted by Gasteiger charge is -2.15. The molecule has 0 spiro atoms. The molecule has 1 rings (SSSR count). The molecular formula is C10H16INS. The van der Waals surface area contributed by atoms with Gasteiger partial charge in [-0.15, -0.1) is 11.3 Å². The molecule has 0 radical (unpaired) electrons. The van der Waals surface area contributed by atoms with E-state index in [2.05, 4.69) is 60.8 Å². The van der Waals surface area contributed by atoms with Crippen LogP contribution in [0.25, 0.3) is 0 Å². The van der Waals surface area contributed by atoms with E-state index in [1.165, 1.54) is 7.76 Å². The highest BCUT2D eigenvalue weighted by Gasteiger charge is 2.06. The van der Waals surface area contributed by atoms with Gasteiger partial charge in [-0.3, -0.25) is 0 Å². The van der Waals surface area contributed by atoms with Gasteiger partial charge in [0, 0.05) is 17.0 Å². The van der Waals surface area contributed by atoms with Crippen molar-refractivity contribution in [2.45, 2.75) is 39.3 Å². The quantitative estimate of drug-likeness (QED) is 0.842. The molecule has 0 aliphatic carbocycles. The summed E-state index contributed by atoms with van der Waals surface area (Å²) in [7, 11) is 0. The van der Waals surface area contributed by atoms with Crippen LogP contribution in [-0.4, -0.2) is 12.1 Å². The standard InChI is InChI=1S/C10H16INS/c1-7(2)12-8(3)6-9-4-5-10(11)13-9/h4-5,7-8,12H,6H2,1-3H3. The molecule has 3 heteroatoms. The summed E-state index contributed by atoms with van der Waals surface area (Å²) in [6.45, 7) is 6.62. The predicted octanol–water partition coefficient (Wildman–Crippen LogP) is 3.28. The molecule has 0 saturated heterocycles. The number of thiophene rings is 1. The Morgan fingerprint density at radius 3 is 2.54 bits per heavy atom. The van der Waals surface area contributed by atoms with Gasteiger partial charge in [0.1, 0.15) is 0 Å². The lowest BCUT2D eigenvalue weighted by molar-refractivity contribution is 0.490. The molecule has 1 nitrogen and oxygen atoms in total. The van der Waals surface area contributed by atoms with Crippen molar-refractivity contribution in [3.63, 3.8) is 0 Å². The zero-order valence-electron chi connectivity index (χ0n) is 8.30. The Kier molecular flexibility index (Phi) is 4.69. The highest BCUT2D eigenvalue weighted by atomic mass is 127. The summed E-state index contributed by atoms with van der Waals surface area (Å²) in [6, 6.07) is 5.57. The fraction of sp³-hybridized carbons (Fsp3) is 0.600. The molecule has 0 aliphatic rings. The molecule has 1 unspecified atom stereocenters. The molecule has 74 valence electrons. The second-order valence-electron chi connectivity index (χ2n) is 3.63. The van der Waals surface area contributed by atoms with Crippen molar-refractivity contribution in [1.29, 1.82) is 0 Å². The van der Waals surface area contributed by atoms with Crippen LogP contribution < -0.4 is 5.32 Å². The van der Waals surface area contributed by atoms with Crippen molar-refractivity contribution in [2.75, 3.05) is 0 Å². The summed E-state index contributed by atoms with van der Waals surface area (Å²) in [5.41, 5.74) is 0. The van der Waals surface area contributed by atoms with Crippen LogP contribution in [0, 0.1) is 2.88 Å². The van der Waals surface area contributed by atoms with E-state index in [9.17, 15) is 0 Å². The largest absolute Gasteiger partial charge is 0.312 e. The van der Waals surface area contributed by atoms with Gasteiger partial charge >= 0.3 is 0 Å². The summed E-state index contributed by atoms with van der Waals surface area (Å²) in [4.78, 5) is 1.48. The van der Waals surface area contributed by atoms with Crippen molar-refractivity contribution >= 4 is 33.9 Å². The van der Waals surface area contributed by atoms with Crippen molar-refractivity contribution in [3.05, 3.63) is 19.9 Å². The number of nitrogens with one attached hydrogen (secondary N) is 1. The second kappa shape index (κ2) is 5.32. The Morgan fingerprint density at radius 1 is 1.38 bits per heavy atom. The van der Waals surface area contributed by atoms with Gasteiger partial charge in [-0.05, 0) is 48.1 Å². The van der Waals surface area contributed by atoms with Gasteiger partial charge in [0.25, 0.3) is 0 Å². The Bertz CT molecular complexity index is 257. The molecule has 1 heterocycles. The Balaban J connectivity index is 2.40. The maximum Gasteiger partial charge on any atom is 0.0656 e. The van der Waals surface area contributed by atoms with Crippen molar-refractivity contribution < 1.29 is 0 Å². The molecule has 0 bridgehead atoms. The number of hydrogen-bond donors (Lipinski definition) is 1. The number of hydrogen-bond acceptors (Lipinski definition) is 2. The topological polar surface area (TPSA) is 12.0 Å². The van der Waals surface area contributed by atoms with E-state index < -0.39 is 0 Å². The average molecular weight is 309 g/mol. The molecule has 1 atom stereocenters. The van der Waals surface area contributed by atoms with E-state index in [0.29, 0.717) is 12.1 Å². The maximum absolute atomic E-state index is 3.50. The van der Waals surface area contributed by atoms with Crippen LogP contribution in [0.15, 0.2) is 12.1 Å². The Labute approximate surface area is 98.1 Å². The van der Waals surface area contributed by atoms with E-state index in [0.717, 1.165) is 6.42 Å². The normalized spacial score (nSPS) is 13.6. The number of rotatable bonds is 4. The molecule has 1 aromatic rings. The zero-order valence-corrected chi connectivity index (χ0v) is 11.3. The average Bonchev–Trinajstić information content (AvgIpc) is 2.33. The molecule has 1 aromatic heterocycles. The highest BCUT2D eigenvalue weighted by Crippen LogP contribution is 2.19. The van der Waals surface area contributed by atoms with Gasteiger partial charge in [-0.25, -0.2) is 0 Å². The van der Waals surface area contributed by atoms with E-state index in [1.54, 1.807) is 0 Å². The van der Waals surface area contributed by atoms with Crippen LogP contribution in [-0.2, 0) is 6.42 Å². The van der Waals surface area contributed by atoms with Gasteiger partial charge in [-0.2, -0.15) is 0 Å². The molecule has 0 saturated carbocycles. The van der Waals surface area contributed by atoms with Crippen molar-refractivity contribution in [3.8, 4) is 0 Å². The van der Waals surface area contributed by atoms with E-state index >= 15 is 0 Å². The van der Waals surface area contributed by atoms with E-state index in [-0.39, 0.29) is 0 Å². The fourth-order valence-electron chi connectivity index (χ4n) is 1.39. The molecule has 0 aromatic carbocycles. The highest BCUT2D eigenvalue weighted by molar-refractivity contribution is 14.1. The SMILES string of the molecule is CC(C)NC(C)Cc1ccc(I)s1. The molecule has 13 heavy (non-hydrogen) atoms. The first kappa shape index (κ1) is 11.5. The lowest BCUT2D eigenvalue weighted by Crippen LogP contribution is -2.33. The minimum absolute atomic E-state index is 0.578. The van der Waals surface area contributed by atoms with Crippen LogP contribution in [0.2, 0.25) is 0 Å². The molecule has 1 N–H and O–H groups in total. The van der Waals surface area contributed by atoms with Crippen LogP contribution in [0.4, 0.5) is 0 Å². The molecule has 0 amide bonds. The van der Waals surface area contributed by atoms with Crippen LogP contribution in [0.5, 0.6) is 0 Å². The first-order valence-electron chi connectivity index (χ1n) is 4.58. The van der Waals surface area contributed by atoms with E-state index in [1.807, 2.05) is 11.3 Å². The van der Waals surface area contributed by atoms with Crippen molar-refractivity contribution in [2.24, 2.45) is 0 Å². The van der Waals surface area contributed by atoms with Gasteiger partial charge < -0.3 is 5.32 Å². The van der Waals surface area contributed by atoms with Crippen LogP contribution >= 0.6 is 33.9 Å². The monoisotopic (exact) mass is 309 g/mol. The Morgan fingerprint density at radius 2 is 2.08 bits per heavy atom. The molecule has 0 fully saturated rings. The first-order valence-corrected chi connectivity index (χ1v) is 6.47. The summed E-state index contributed by atoms with van der Waals surface area (Å²) in [6.07, 6.45) is 1.14. The third-order valence-electron chi connectivity index (χ3n) is 1.75. The first-order chi connectivity index (χ1) is 6.08. The van der Waals surface area contributed by atoms with Gasteiger partial charge in [-0.1, -0.05) is 13.8 Å². The number of halogens is 1. The van der Waals surface area contributed by atoms with Crippen molar-refractivity contribution in [1.82, 2.24) is 5.32 Å². The lowest BCUT2D eigenvalue weighted by atomic mass is 10.2. The fourth-order valence-corrected chi connectivity index (χ4v) is 3.28. The minimum atomic E-state index is 0.578. The third-order valence-corrected chi connectivity index (χ3v) is 3.67. The van der Waals surface area contributed by atoms with Crippen LogP contribution in [0.1, 0.15) is 25.6 Å². The Hall–Kier alpha value is 0.390. The molecule has 0 aliphatic heterocycles. The van der Waals surface area contributed by atoms with Gasteiger partial charge in [0.15, 0.2) is 0 Å². The van der Waals surface area contributed by atoms with Gasteiger partial charge in [0.05, 0.1) is 2.88 Å². The minimum Gasteiger partial charge on any atom is -0.312 e. The molecular weight excluding hydrogens is 293 g/mol. The summed E-state index contributed by atoms with van der Waals surface area (Å²) in [5.74, 6) is 0. The maximum atomic E-state index is 3.50. The third kappa shape index (κ3) is 4.42. The smallest absolute Gasteiger partial charge is 0.0656 e. The predicted molar refractivity (Wildman–Crippen MR) is 68.5 cm³/mol. The summed E-state index contributed by atoms with van der Waals surface area (Å²) in [5, 5.41) is 3.50. The van der Waals surface area contributed by atoms with E-state index in [4.69, 9.17) is 0 Å². The van der Waals surface area contributed by atoms with Crippen LogP contribution in [0.3, 0.4) is 0 Å². The second-order valence-corrected chi connectivity index (χ2v) is 6.69. The summed E-state index contributed by atoms with van der Waals surface area (Å²) >= 11 is 4.26. The zero-order chi connectivity index (χ0) is 9.84. The van der Waals surface area contributed by atoms with Gasteiger partial charge in [0.2, 0.25) is 0 Å².